The Hall–Kier alpha value is -2.04. The van der Waals surface area contributed by atoms with Crippen molar-refractivity contribution in [3.8, 4) is 0 Å². The monoisotopic (exact) mass is 466 g/mol. The highest BCUT2D eigenvalue weighted by molar-refractivity contribution is 7.82. The summed E-state index contributed by atoms with van der Waals surface area (Å²) < 4.78 is 53.6. The number of fused-ring (bicyclic) bond motifs is 2. The van der Waals surface area contributed by atoms with Gasteiger partial charge in [0.1, 0.15) is 28.0 Å². The zero-order valence-corrected chi connectivity index (χ0v) is 18.2. The molecule has 0 aliphatic carbocycles. The molecule has 2 aliphatic rings. The number of hydrogen-bond donors (Lipinski definition) is 0. The average molecular weight is 467 g/mol. The van der Waals surface area contributed by atoms with Crippen LogP contribution in [0.15, 0.2) is 47.6 Å². The van der Waals surface area contributed by atoms with Gasteiger partial charge in [-0.25, -0.2) is 18.5 Å². The van der Waals surface area contributed by atoms with Crippen molar-refractivity contribution in [1.82, 2.24) is 14.3 Å². The van der Waals surface area contributed by atoms with Gasteiger partial charge >= 0.3 is 6.18 Å². The molecular weight excluding hydrogens is 445 g/mol. The fourth-order valence-electron chi connectivity index (χ4n) is 4.64. The van der Waals surface area contributed by atoms with E-state index in [-0.39, 0.29) is 10.9 Å². The van der Waals surface area contributed by atoms with Crippen molar-refractivity contribution in [2.75, 3.05) is 24.5 Å². The number of anilines is 1. The maximum Gasteiger partial charge on any atom is 0.393 e. The minimum absolute atomic E-state index is 0.234. The summed E-state index contributed by atoms with van der Waals surface area (Å²) in [5.74, 6) is 1.05. The number of hydrogen-bond acceptors (Lipinski definition) is 5. The molecule has 10 heteroatoms. The van der Waals surface area contributed by atoms with Crippen LogP contribution in [0, 0.1) is 5.92 Å². The van der Waals surface area contributed by atoms with Crippen molar-refractivity contribution in [1.29, 1.82) is 0 Å². The third-order valence-corrected chi connectivity index (χ3v) is 8.57. The summed E-state index contributed by atoms with van der Waals surface area (Å²) in [6, 6.07) is 11.3. The predicted molar refractivity (Wildman–Crippen MR) is 115 cm³/mol. The molecule has 0 N–H and O–H groups in total. The van der Waals surface area contributed by atoms with E-state index in [1.807, 2.05) is 30.3 Å². The quantitative estimate of drug-likeness (QED) is 0.571. The molecule has 5 rings (SSSR count). The molecule has 4 heterocycles. The van der Waals surface area contributed by atoms with Gasteiger partial charge in [0.2, 0.25) is 0 Å². The van der Waals surface area contributed by atoms with E-state index < -0.39 is 23.6 Å². The Morgan fingerprint density at radius 3 is 2.71 bits per heavy atom. The smallest absolute Gasteiger partial charge is 0.356 e. The number of piperidine rings is 1. The predicted octanol–water partition coefficient (Wildman–Crippen LogP) is 4.42. The SMILES string of the molecule is O=S(c1ccccc1)N1CC[C@H]2CN(c3ncnc4sc(CC(F)(F)F)cc34)CC[C@H]21. The van der Waals surface area contributed by atoms with E-state index in [1.54, 1.807) is 6.07 Å². The van der Waals surface area contributed by atoms with Crippen LogP contribution in [-0.2, 0) is 17.4 Å². The highest BCUT2D eigenvalue weighted by Gasteiger charge is 2.41. The molecule has 2 fully saturated rings. The second-order valence-corrected chi connectivity index (χ2v) is 10.5. The van der Waals surface area contributed by atoms with E-state index in [0.29, 0.717) is 22.0 Å². The lowest BCUT2D eigenvalue weighted by Crippen LogP contribution is -2.46. The summed E-state index contributed by atoms with van der Waals surface area (Å²) >= 11 is 1.08. The standard InChI is InChI=1S/C21H21F3N4OS2/c22-21(23,24)11-15-10-17-19(25-13-26-20(17)30-15)27-8-7-18-14(12-27)6-9-28(18)31(29)16-4-2-1-3-5-16/h1-5,10,13-14,18H,6-9,11-12H2/t14-,18+,31?/m0/s1. The summed E-state index contributed by atoms with van der Waals surface area (Å²) in [6.45, 7) is 2.25. The first-order chi connectivity index (χ1) is 14.9. The van der Waals surface area contributed by atoms with Crippen molar-refractivity contribution >= 4 is 38.4 Å². The van der Waals surface area contributed by atoms with Crippen LogP contribution < -0.4 is 4.90 Å². The third kappa shape index (κ3) is 4.20. The molecule has 2 saturated heterocycles. The van der Waals surface area contributed by atoms with Gasteiger partial charge in [-0.15, -0.1) is 11.3 Å². The number of halogens is 3. The third-order valence-electron chi connectivity index (χ3n) is 5.98. The number of nitrogens with zero attached hydrogens (tertiary/aromatic N) is 4. The first-order valence-electron chi connectivity index (χ1n) is 10.2. The number of aromatic nitrogens is 2. The maximum absolute atomic E-state index is 13.1. The molecule has 0 amide bonds. The molecule has 31 heavy (non-hydrogen) atoms. The van der Waals surface area contributed by atoms with E-state index in [1.165, 1.54) is 6.33 Å². The van der Waals surface area contributed by atoms with Crippen LogP contribution in [0.5, 0.6) is 0 Å². The first kappa shape index (κ1) is 20.8. The minimum Gasteiger partial charge on any atom is -0.356 e. The van der Waals surface area contributed by atoms with Crippen LogP contribution in [-0.4, -0.2) is 50.3 Å². The van der Waals surface area contributed by atoms with Gasteiger partial charge in [0.25, 0.3) is 0 Å². The Kier molecular flexibility index (Phi) is 5.47. The van der Waals surface area contributed by atoms with Gasteiger partial charge in [0.05, 0.1) is 16.7 Å². The summed E-state index contributed by atoms with van der Waals surface area (Å²) in [5.41, 5.74) is 0. The molecule has 0 radical (unpaired) electrons. The second-order valence-electron chi connectivity index (χ2n) is 7.97. The van der Waals surface area contributed by atoms with Gasteiger partial charge in [-0.3, -0.25) is 0 Å². The molecule has 2 aromatic heterocycles. The van der Waals surface area contributed by atoms with Gasteiger partial charge in [-0.2, -0.15) is 13.2 Å². The number of thiophene rings is 1. The summed E-state index contributed by atoms with van der Waals surface area (Å²) in [6.07, 6.45) is -1.97. The van der Waals surface area contributed by atoms with E-state index in [0.717, 1.165) is 48.7 Å². The number of benzene rings is 1. The Morgan fingerprint density at radius 1 is 1.13 bits per heavy atom. The topological polar surface area (TPSA) is 49.3 Å². The molecule has 3 atom stereocenters. The highest BCUT2D eigenvalue weighted by Crippen LogP contribution is 2.38. The zero-order chi connectivity index (χ0) is 21.6. The Morgan fingerprint density at radius 2 is 1.94 bits per heavy atom. The summed E-state index contributed by atoms with van der Waals surface area (Å²) in [4.78, 5) is 12.4. The zero-order valence-electron chi connectivity index (χ0n) is 16.6. The van der Waals surface area contributed by atoms with E-state index in [9.17, 15) is 17.4 Å². The van der Waals surface area contributed by atoms with Gasteiger partial charge in [-0.1, -0.05) is 18.2 Å². The number of alkyl halides is 3. The minimum atomic E-state index is -4.24. The molecule has 164 valence electrons. The lowest BCUT2D eigenvalue weighted by atomic mass is 9.93. The molecule has 1 unspecified atom stereocenters. The Bertz CT molecular complexity index is 1100. The van der Waals surface area contributed by atoms with Crippen molar-refractivity contribution in [2.45, 2.75) is 36.4 Å². The van der Waals surface area contributed by atoms with E-state index in [4.69, 9.17) is 0 Å². The van der Waals surface area contributed by atoms with Crippen LogP contribution in [0.4, 0.5) is 19.0 Å². The van der Waals surface area contributed by atoms with Gasteiger partial charge in [-0.05, 0) is 37.0 Å². The lowest BCUT2D eigenvalue weighted by molar-refractivity contribution is -0.126. The van der Waals surface area contributed by atoms with Crippen LogP contribution >= 0.6 is 11.3 Å². The van der Waals surface area contributed by atoms with Crippen LogP contribution in [0.3, 0.4) is 0 Å². The van der Waals surface area contributed by atoms with Crippen LogP contribution in [0.2, 0.25) is 0 Å². The van der Waals surface area contributed by atoms with Crippen LogP contribution in [0.1, 0.15) is 17.7 Å². The van der Waals surface area contributed by atoms with Crippen molar-refractivity contribution < 1.29 is 17.4 Å². The highest BCUT2D eigenvalue weighted by atomic mass is 32.2. The maximum atomic E-state index is 13.1. The molecule has 5 nitrogen and oxygen atoms in total. The molecule has 0 saturated carbocycles. The van der Waals surface area contributed by atoms with Gasteiger partial charge in [0.15, 0.2) is 0 Å². The van der Waals surface area contributed by atoms with E-state index >= 15 is 0 Å². The fraction of sp³-hybridized carbons (Fsp3) is 0.429. The fourth-order valence-corrected chi connectivity index (χ4v) is 7.12. The Balaban J connectivity index is 1.35. The van der Waals surface area contributed by atoms with Crippen LogP contribution in [0.25, 0.3) is 10.2 Å². The Labute approximate surface area is 184 Å². The van der Waals surface area contributed by atoms with Crippen molar-refractivity contribution in [3.05, 3.63) is 47.6 Å². The molecule has 3 aromatic rings. The van der Waals surface area contributed by atoms with Crippen molar-refractivity contribution in [3.63, 3.8) is 0 Å². The largest absolute Gasteiger partial charge is 0.393 e. The summed E-state index contributed by atoms with van der Waals surface area (Å²) in [7, 11) is -1.18. The molecular formula is C21H21F3N4OS2. The van der Waals surface area contributed by atoms with Gasteiger partial charge in [0, 0.05) is 30.6 Å². The molecule has 1 aromatic carbocycles. The number of rotatable bonds is 4. The van der Waals surface area contributed by atoms with Crippen molar-refractivity contribution in [2.24, 2.45) is 5.92 Å². The molecule has 0 spiro atoms. The van der Waals surface area contributed by atoms with Gasteiger partial charge < -0.3 is 4.90 Å². The summed E-state index contributed by atoms with van der Waals surface area (Å²) in [5, 5.41) is 0.688. The molecule has 2 aliphatic heterocycles. The lowest BCUT2D eigenvalue weighted by Gasteiger charge is -2.38. The molecule has 0 bridgehead atoms. The first-order valence-corrected chi connectivity index (χ1v) is 12.1. The average Bonchev–Trinajstić information content (AvgIpc) is 3.35. The second kappa shape index (κ2) is 8.14. The normalized spacial score (nSPS) is 23.3. The van der Waals surface area contributed by atoms with E-state index in [2.05, 4.69) is 19.2 Å².